The molecule has 26 heavy (non-hydrogen) atoms. The fourth-order valence-electron chi connectivity index (χ4n) is 3.56. The minimum atomic E-state index is -0.00906. The van der Waals surface area contributed by atoms with E-state index in [0.717, 1.165) is 29.9 Å². The minimum absolute atomic E-state index is 0.00906. The third-order valence-corrected chi connectivity index (χ3v) is 5.44. The van der Waals surface area contributed by atoms with Crippen LogP contribution in [-0.4, -0.2) is 16.9 Å². The van der Waals surface area contributed by atoms with Crippen molar-refractivity contribution >= 4 is 5.91 Å². The van der Waals surface area contributed by atoms with Gasteiger partial charge in [-0.05, 0) is 54.2 Å². The van der Waals surface area contributed by atoms with Crippen LogP contribution in [0.4, 0.5) is 0 Å². The second-order valence-corrected chi connectivity index (χ2v) is 8.72. The van der Waals surface area contributed by atoms with Gasteiger partial charge in [0.05, 0.1) is 5.56 Å². The molecule has 0 bridgehead atoms. The number of hydrogen-bond donors (Lipinski definition) is 1. The van der Waals surface area contributed by atoms with E-state index in [1.165, 1.54) is 18.4 Å². The minimum Gasteiger partial charge on any atom is -0.349 e. The van der Waals surface area contributed by atoms with Gasteiger partial charge in [-0.25, -0.2) is 0 Å². The standard InChI is InChI=1S/C23H30N2O/c1-16-5-11-21(12-6-16)25-22(26)19-13-18(14-24-15-19)17-7-9-20(10-8-17)23(2,3)4/h7-10,13-16,21H,5-6,11-12H2,1-4H3,(H,25,26). The van der Waals surface area contributed by atoms with Gasteiger partial charge in [-0.15, -0.1) is 0 Å². The number of aromatic nitrogens is 1. The van der Waals surface area contributed by atoms with E-state index in [1.807, 2.05) is 12.3 Å². The SMILES string of the molecule is CC1CCC(NC(=O)c2cncc(-c3ccc(C(C)(C)C)cc3)c2)CC1. The van der Waals surface area contributed by atoms with Crippen LogP contribution < -0.4 is 5.32 Å². The van der Waals surface area contributed by atoms with Crippen LogP contribution in [-0.2, 0) is 5.41 Å². The Hall–Kier alpha value is -2.16. The van der Waals surface area contributed by atoms with Gasteiger partial charge in [0.25, 0.3) is 5.91 Å². The van der Waals surface area contributed by atoms with Crippen molar-refractivity contribution < 1.29 is 4.79 Å². The Morgan fingerprint density at radius 3 is 2.27 bits per heavy atom. The smallest absolute Gasteiger partial charge is 0.253 e. The number of nitrogens with zero attached hydrogens (tertiary/aromatic N) is 1. The summed E-state index contributed by atoms with van der Waals surface area (Å²) in [5, 5.41) is 3.18. The molecule has 0 radical (unpaired) electrons. The first-order valence-electron chi connectivity index (χ1n) is 9.70. The quantitative estimate of drug-likeness (QED) is 0.810. The van der Waals surface area contributed by atoms with Crippen LogP contribution in [0.15, 0.2) is 42.7 Å². The molecule has 0 atom stereocenters. The van der Waals surface area contributed by atoms with Crippen molar-refractivity contribution in [3.8, 4) is 11.1 Å². The first-order chi connectivity index (χ1) is 12.3. The Bertz CT molecular complexity index is 751. The van der Waals surface area contributed by atoms with Crippen molar-refractivity contribution in [2.75, 3.05) is 0 Å². The molecule has 3 rings (SSSR count). The van der Waals surface area contributed by atoms with E-state index < -0.39 is 0 Å². The highest BCUT2D eigenvalue weighted by molar-refractivity contribution is 5.95. The maximum Gasteiger partial charge on any atom is 0.253 e. The lowest BCUT2D eigenvalue weighted by Gasteiger charge is -2.26. The third kappa shape index (κ3) is 4.51. The van der Waals surface area contributed by atoms with Gasteiger partial charge in [0.15, 0.2) is 0 Å². The van der Waals surface area contributed by atoms with E-state index in [0.29, 0.717) is 11.6 Å². The van der Waals surface area contributed by atoms with Gasteiger partial charge in [0, 0.05) is 24.0 Å². The summed E-state index contributed by atoms with van der Waals surface area (Å²) < 4.78 is 0. The zero-order valence-corrected chi connectivity index (χ0v) is 16.4. The summed E-state index contributed by atoms with van der Waals surface area (Å²) in [6, 6.07) is 10.8. The van der Waals surface area contributed by atoms with Gasteiger partial charge in [-0.2, -0.15) is 0 Å². The predicted molar refractivity (Wildman–Crippen MR) is 107 cm³/mol. The van der Waals surface area contributed by atoms with Gasteiger partial charge in [0.2, 0.25) is 0 Å². The molecule has 3 nitrogen and oxygen atoms in total. The van der Waals surface area contributed by atoms with E-state index in [2.05, 4.69) is 62.3 Å². The monoisotopic (exact) mass is 350 g/mol. The number of carbonyl (C=O) groups excluding carboxylic acids is 1. The van der Waals surface area contributed by atoms with Gasteiger partial charge >= 0.3 is 0 Å². The van der Waals surface area contributed by atoms with Crippen LogP contribution in [0.25, 0.3) is 11.1 Å². The Morgan fingerprint density at radius 2 is 1.65 bits per heavy atom. The average Bonchev–Trinajstić information content (AvgIpc) is 2.63. The number of nitrogens with one attached hydrogen (secondary N) is 1. The van der Waals surface area contributed by atoms with Crippen molar-refractivity contribution in [1.29, 1.82) is 0 Å². The number of amides is 1. The van der Waals surface area contributed by atoms with Crippen molar-refractivity contribution in [3.05, 3.63) is 53.9 Å². The number of hydrogen-bond acceptors (Lipinski definition) is 2. The number of pyridine rings is 1. The lowest BCUT2D eigenvalue weighted by molar-refractivity contribution is 0.0922. The maximum atomic E-state index is 12.6. The summed E-state index contributed by atoms with van der Waals surface area (Å²) in [5.74, 6) is 0.773. The number of carbonyl (C=O) groups is 1. The van der Waals surface area contributed by atoms with Crippen molar-refractivity contribution in [2.45, 2.75) is 64.8 Å². The molecular formula is C23H30N2O. The Morgan fingerprint density at radius 1 is 1.00 bits per heavy atom. The number of benzene rings is 1. The van der Waals surface area contributed by atoms with E-state index in [-0.39, 0.29) is 11.3 Å². The molecule has 0 aliphatic heterocycles. The molecule has 1 amide bonds. The van der Waals surface area contributed by atoms with Gasteiger partial charge in [-0.3, -0.25) is 9.78 Å². The topological polar surface area (TPSA) is 42.0 Å². The van der Waals surface area contributed by atoms with Crippen LogP contribution in [0, 0.1) is 5.92 Å². The van der Waals surface area contributed by atoms with E-state index in [1.54, 1.807) is 6.20 Å². The molecule has 1 aliphatic rings. The Labute approximate surface area is 157 Å². The molecule has 0 spiro atoms. The fraction of sp³-hybridized carbons (Fsp3) is 0.478. The second-order valence-electron chi connectivity index (χ2n) is 8.72. The normalized spacial score (nSPS) is 20.6. The molecule has 0 unspecified atom stereocenters. The lowest BCUT2D eigenvalue weighted by atomic mass is 9.86. The summed E-state index contributed by atoms with van der Waals surface area (Å²) in [7, 11) is 0. The summed E-state index contributed by atoms with van der Waals surface area (Å²) in [5.41, 5.74) is 4.15. The molecule has 3 heteroatoms. The van der Waals surface area contributed by atoms with Crippen molar-refractivity contribution in [1.82, 2.24) is 10.3 Å². The zero-order chi connectivity index (χ0) is 18.7. The Kier molecular flexibility index (Phi) is 5.45. The fourth-order valence-corrected chi connectivity index (χ4v) is 3.56. The average molecular weight is 351 g/mol. The molecule has 1 aromatic carbocycles. The molecule has 1 heterocycles. The highest BCUT2D eigenvalue weighted by Gasteiger charge is 2.20. The summed E-state index contributed by atoms with van der Waals surface area (Å²) in [6.45, 7) is 8.91. The van der Waals surface area contributed by atoms with Crippen LogP contribution in [0.5, 0.6) is 0 Å². The lowest BCUT2D eigenvalue weighted by Crippen LogP contribution is -2.37. The summed E-state index contributed by atoms with van der Waals surface area (Å²) >= 11 is 0. The predicted octanol–water partition coefficient (Wildman–Crippen LogP) is 5.35. The molecule has 1 N–H and O–H groups in total. The molecule has 138 valence electrons. The Balaban J connectivity index is 1.72. The summed E-state index contributed by atoms with van der Waals surface area (Å²) in [4.78, 5) is 16.9. The first kappa shape index (κ1) is 18.6. The first-order valence-corrected chi connectivity index (χ1v) is 9.70. The second kappa shape index (κ2) is 7.61. The molecular weight excluding hydrogens is 320 g/mol. The molecule has 1 saturated carbocycles. The molecule has 1 aromatic heterocycles. The molecule has 1 fully saturated rings. The van der Waals surface area contributed by atoms with Crippen molar-refractivity contribution in [2.24, 2.45) is 5.92 Å². The maximum absolute atomic E-state index is 12.6. The van der Waals surface area contributed by atoms with Crippen LogP contribution in [0.2, 0.25) is 0 Å². The van der Waals surface area contributed by atoms with E-state index in [9.17, 15) is 4.79 Å². The summed E-state index contributed by atoms with van der Waals surface area (Å²) in [6.07, 6.45) is 8.04. The van der Waals surface area contributed by atoms with Crippen LogP contribution in [0.3, 0.4) is 0 Å². The molecule has 0 saturated heterocycles. The van der Waals surface area contributed by atoms with Gasteiger partial charge in [-0.1, -0.05) is 52.0 Å². The van der Waals surface area contributed by atoms with Gasteiger partial charge in [0.1, 0.15) is 0 Å². The van der Waals surface area contributed by atoms with Crippen LogP contribution >= 0.6 is 0 Å². The highest BCUT2D eigenvalue weighted by Crippen LogP contribution is 2.27. The highest BCUT2D eigenvalue weighted by atomic mass is 16.1. The third-order valence-electron chi connectivity index (χ3n) is 5.44. The molecule has 1 aliphatic carbocycles. The van der Waals surface area contributed by atoms with E-state index in [4.69, 9.17) is 0 Å². The zero-order valence-electron chi connectivity index (χ0n) is 16.4. The van der Waals surface area contributed by atoms with Crippen molar-refractivity contribution in [3.63, 3.8) is 0 Å². The van der Waals surface area contributed by atoms with Crippen LogP contribution in [0.1, 0.15) is 69.3 Å². The van der Waals surface area contributed by atoms with Gasteiger partial charge < -0.3 is 5.32 Å². The van der Waals surface area contributed by atoms with E-state index >= 15 is 0 Å². The number of rotatable bonds is 3. The largest absolute Gasteiger partial charge is 0.349 e. The molecule has 2 aromatic rings.